The lowest BCUT2D eigenvalue weighted by Gasteiger charge is -2.13. The van der Waals surface area contributed by atoms with Crippen molar-refractivity contribution in [3.63, 3.8) is 0 Å². The molecule has 0 aliphatic heterocycles. The van der Waals surface area contributed by atoms with Gasteiger partial charge in [-0.2, -0.15) is 0 Å². The average Bonchev–Trinajstić information content (AvgIpc) is 3.34. The lowest BCUT2D eigenvalue weighted by Crippen LogP contribution is -2.23. The molecular formula is C23H20N2O4. The molecule has 0 aliphatic carbocycles. The highest BCUT2D eigenvalue weighted by Crippen LogP contribution is 2.34. The van der Waals surface area contributed by atoms with Gasteiger partial charge in [0.1, 0.15) is 11.5 Å². The van der Waals surface area contributed by atoms with Crippen LogP contribution in [0.4, 0.5) is 0 Å². The van der Waals surface area contributed by atoms with Gasteiger partial charge >= 0.3 is 0 Å². The van der Waals surface area contributed by atoms with E-state index in [1.165, 1.54) is 22.6 Å². The van der Waals surface area contributed by atoms with Crippen LogP contribution in [0, 0.1) is 0 Å². The third-order valence-corrected chi connectivity index (χ3v) is 4.79. The summed E-state index contributed by atoms with van der Waals surface area (Å²) in [6, 6.07) is 21.6. The van der Waals surface area contributed by atoms with Gasteiger partial charge in [-0.1, -0.05) is 36.4 Å². The third kappa shape index (κ3) is 3.40. The van der Waals surface area contributed by atoms with E-state index in [-0.39, 0.29) is 23.6 Å². The Labute approximate surface area is 167 Å². The highest BCUT2D eigenvalue weighted by molar-refractivity contribution is 5.77. The zero-order chi connectivity index (χ0) is 20.4. The molecule has 6 heteroatoms. The molecule has 0 spiro atoms. The molecule has 0 radical (unpaired) electrons. The van der Waals surface area contributed by atoms with Crippen LogP contribution in [0.3, 0.4) is 0 Å². The Kier molecular flexibility index (Phi) is 4.91. The Balaban J connectivity index is 2.02. The van der Waals surface area contributed by atoms with Crippen molar-refractivity contribution < 1.29 is 14.3 Å². The predicted octanol–water partition coefficient (Wildman–Crippen LogP) is 4.04. The van der Waals surface area contributed by atoms with Crippen LogP contribution in [-0.2, 0) is 4.79 Å². The molecule has 0 saturated carbocycles. The Hall–Kier alpha value is -3.80. The van der Waals surface area contributed by atoms with E-state index in [9.17, 15) is 14.7 Å². The molecule has 6 nitrogen and oxygen atoms in total. The number of carbonyl (C=O) groups excluding carboxylic acids is 1. The summed E-state index contributed by atoms with van der Waals surface area (Å²) in [5, 5.41) is 11.2. The van der Waals surface area contributed by atoms with Gasteiger partial charge in [0.15, 0.2) is 0 Å². The average molecular weight is 388 g/mol. The normalized spacial score (nSPS) is 12.0. The number of rotatable bonds is 6. The lowest BCUT2D eigenvalue weighted by molar-refractivity contribution is -0.117. The van der Waals surface area contributed by atoms with Crippen molar-refractivity contribution in [3.05, 3.63) is 101 Å². The number of ketones is 1. The summed E-state index contributed by atoms with van der Waals surface area (Å²) in [7, 11) is 0. The predicted molar refractivity (Wildman–Crippen MR) is 109 cm³/mol. The first-order valence-electron chi connectivity index (χ1n) is 9.28. The van der Waals surface area contributed by atoms with Crippen LogP contribution in [0.1, 0.15) is 30.6 Å². The van der Waals surface area contributed by atoms with Crippen LogP contribution in [-0.4, -0.2) is 20.3 Å². The summed E-state index contributed by atoms with van der Waals surface area (Å²) >= 11 is 0. The Bertz CT molecular complexity index is 1170. The number of aromatic nitrogens is 2. The van der Waals surface area contributed by atoms with Gasteiger partial charge in [0, 0.05) is 6.42 Å². The summed E-state index contributed by atoms with van der Waals surface area (Å²) < 4.78 is 8.37. The van der Waals surface area contributed by atoms with Crippen molar-refractivity contribution in [1.82, 2.24) is 9.36 Å². The van der Waals surface area contributed by atoms with Crippen molar-refractivity contribution in [2.45, 2.75) is 19.3 Å². The van der Waals surface area contributed by atoms with Crippen molar-refractivity contribution in [2.24, 2.45) is 0 Å². The minimum absolute atomic E-state index is 0.0455. The largest absolute Gasteiger partial charge is 0.493 e. The Morgan fingerprint density at radius 1 is 0.931 bits per heavy atom. The van der Waals surface area contributed by atoms with Crippen LogP contribution in [0.15, 0.2) is 88.3 Å². The monoisotopic (exact) mass is 388 g/mol. The zero-order valence-corrected chi connectivity index (χ0v) is 15.9. The summed E-state index contributed by atoms with van der Waals surface area (Å²) in [5.41, 5.74) is 0.949. The molecule has 0 aliphatic rings. The van der Waals surface area contributed by atoms with Crippen LogP contribution in [0.25, 0.3) is 11.4 Å². The van der Waals surface area contributed by atoms with Crippen molar-refractivity contribution in [2.75, 3.05) is 0 Å². The molecule has 1 atom stereocenters. The second-order valence-corrected chi connectivity index (χ2v) is 6.81. The molecule has 29 heavy (non-hydrogen) atoms. The van der Waals surface area contributed by atoms with E-state index in [1.54, 1.807) is 36.4 Å². The number of hydrogen-bond acceptors (Lipinski definition) is 4. The summed E-state index contributed by atoms with van der Waals surface area (Å²) in [4.78, 5) is 25.5. The molecular weight excluding hydrogens is 368 g/mol. The maximum absolute atomic E-state index is 13.5. The molecule has 1 unspecified atom stereocenters. The number of carbonyl (C=O) groups is 1. The van der Waals surface area contributed by atoms with Crippen molar-refractivity contribution in [1.29, 1.82) is 0 Å². The fourth-order valence-electron chi connectivity index (χ4n) is 3.55. The van der Waals surface area contributed by atoms with E-state index >= 15 is 0 Å². The number of benzene rings is 2. The number of aromatic hydroxyl groups is 1. The third-order valence-electron chi connectivity index (χ3n) is 4.79. The van der Waals surface area contributed by atoms with Gasteiger partial charge in [0.05, 0.1) is 29.1 Å². The lowest BCUT2D eigenvalue weighted by atomic mass is 9.93. The molecule has 1 N–H and O–H groups in total. The van der Waals surface area contributed by atoms with Crippen LogP contribution >= 0.6 is 0 Å². The number of Topliss-reactive ketones (excluding diaryl/α,β-unsaturated/α-hetero) is 1. The minimum atomic E-state index is -0.685. The SMILES string of the molecule is CC(=O)CC(c1ccco1)c1c(O)n(-c2ccccc2)n(-c2ccccc2)c1=O. The number of nitrogens with zero attached hydrogens (tertiary/aromatic N) is 2. The fraction of sp³-hybridized carbons (Fsp3) is 0.130. The van der Waals surface area contributed by atoms with E-state index in [4.69, 9.17) is 4.42 Å². The molecule has 0 bridgehead atoms. The smallest absolute Gasteiger partial charge is 0.279 e. The second-order valence-electron chi connectivity index (χ2n) is 6.81. The van der Waals surface area contributed by atoms with E-state index in [0.717, 1.165) is 0 Å². The van der Waals surface area contributed by atoms with E-state index in [1.807, 2.05) is 36.4 Å². The summed E-state index contributed by atoms with van der Waals surface area (Å²) in [6.45, 7) is 1.46. The van der Waals surface area contributed by atoms with Gasteiger partial charge in [-0.25, -0.2) is 9.36 Å². The Morgan fingerprint density at radius 3 is 2.03 bits per heavy atom. The molecule has 2 aromatic heterocycles. The van der Waals surface area contributed by atoms with Gasteiger partial charge in [0.2, 0.25) is 5.88 Å². The molecule has 0 fully saturated rings. The van der Waals surface area contributed by atoms with Crippen molar-refractivity contribution in [3.8, 4) is 17.3 Å². The minimum Gasteiger partial charge on any atom is -0.493 e. The maximum Gasteiger partial charge on any atom is 0.279 e. The van der Waals surface area contributed by atoms with Crippen molar-refractivity contribution >= 4 is 5.78 Å². The molecule has 4 aromatic rings. The van der Waals surface area contributed by atoms with Gasteiger partial charge in [-0.15, -0.1) is 0 Å². The fourth-order valence-corrected chi connectivity index (χ4v) is 3.55. The second kappa shape index (κ2) is 7.67. The van der Waals surface area contributed by atoms with Gasteiger partial charge in [-0.3, -0.25) is 9.59 Å². The summed E-state index contributed by atoms with van der Waals surface area (Å²) in [5.74, 6) is -0.551. The molecule has 2 heterocycles. The van der Waals surface area contributed by atoms with Crippen LogP contribution < -0.4 is 5.56 Å². The van der Waals surface area contributed by atoms with Gasteiger partial charge in [0.25, 0.3) is 5.56 Å². The molecule has 0 saturated heterocycles. The Morgan fingerprint density at radius 2 is 1.52 bits per heavy atom. The van der Waals surface area contributed by atoms with E-state index < -0.39 is 11.5 Å². The molecule has 4 rings (SSSR count). The molecule has 2 aromatic carbocycles. The topological polar surface area (TPSA) is 77.4 Å². The number of para-hydroxylation sites is 2. The quantitative estimate of drug-likeness (QED) is 0.541. The number of furan rings is 1. The highest BCUT2D eigenvalue weighted by atomic mass is 16.3. The molecule has 146 valence electrons. The first-order chi connectivity index (χ1) is 14.1. The van der Waals surface area contributed by atoms with E-state index in [2.05, 4.69) is 0 Å². The highest BCUT2D eigenvalue weighted by Gasteiger charge is 2.31. The van der Waals surface area contributed by atoms with Crippen LogP contribution in [0.2, 0.25) is 0 Å². The molecule has 0 amide bonds. The van der Waals surface area contributed by atoms with Crippen LogP contribution in [0.5, 0.6) is 5.88 Å². The maximum atomic E-state index is 13.5. The first kappa shape index (κ1) is 18.6. The standard InChI is InChI=1S/C23H20N2O4/c1-16(26)15-19(20-13-8-14-29-20)21-22(27)24(17-9-4-2-5-10-17)25(23(21)28)18-11-6-3-7-12-18/h2-14,19,27H,15H2,1H3. The van der Waals surface area contributed by atoms with Gasteiger partial charge in [-0.05, 0) is 43.3 Å². The number of hydrogen-bond donors (Lipinski definition) is 1. The van der Waals surface area contributed by atoms with E-state index in [0.29, 0.717) is 17.1 Å². The first-order valence-corrected chi connectivity index (χ1v) is 9.28. The summed E-state index contributed by atoms with van der Waals surface area (Å²) in [6.07, 6.45) is 1.54. The van der Waals surface area contributed by atoms with Gasteiger partial charge < -0.3 is 9.52 Å². The zero-order valence-electron chi connectivity index (χ0n) is 15.9.